The van der Waals surface area contributed by atoms with Crippen molar-refractivity contribution < 1.29 is 9.18 Å². The van der Waals surface area contributed by atoms with E-state index in [1.54, 1.807) is 15.9 Å². The topological polar surface area (TPSA) is 52.0 Å². The first-order chi connectivity index (χ1) is 14.6. The highest BCUT2D eigenvalue weighted by molar-refractivity contribution is 7.99. The van der Waals surface area contributed by atoms with Gasteiger partial charge in [-0.3, -0.25) is 14.2 Å². The van der Waals surface area contributed by atoms with Crippen molar-refractivity contribution in [1.29, 1.82) is 0 Å². The third kappa shape index (κ3) is 3.38. The maximum atomic E-state index is 13.5. The van der Waals surface area contributed by atoms with Crippen molar-refractivity contribution in [1.82, 2.24) is 9.55 Å². The van der Waals surface area contributed by atoms with Crippen LogP contribution >= 0.6 is 23.1 Å². The maximum absolute atomic E-state index is 13.5. The first kappa shape index (κ1) is 19.2. The molecule has 0 fully saturated rings. The third-order valence-corrected chi connectivity index (χ3v) is 7.35. The number of Topliss-reactive ketones (excluding diaryl/α,β-unsaturated/α-hetero) is 1. The van der Waals surface area contributed by atoms with Crippen LogP contribution in [0.2, 0.25) is 0 Å². The summed E-state index contributed by atoms with van der Waals surface area (Å²) in [7, 11) is 0. The second kappa shape index (κ2) is 7.81. The number of aryl methyl sites for hydroxylation is 2. The van der Waals surface area contributed by atoms with Crippen molar-refractivity contribution in [2.45, 2.75) is 24.4 Å². The van der Waals surface area contributed by atoms with Gasteiger partial charge < -0.3 is 0 Å². The molecule has 0 N–H and O–H groups in total. The lowest BCUT2D eigenvalue weighted by Gasteiger charge is -2.12. The van der Waals surface area contributed by atoms with E-state index in [9.17, 15) is 14.0 Å². The summed E-state index contributed by atoms with van der Waals surface area (Å²) >= 11 is 2.82. The number of halogens is 1. The number of hydrogen-bond acceptors (Lipinski definition) is 5. The fraction of sp³-hybridized carbons (Fsp3) is 0.174. The van der Waals surface area contributed by atoms with Gasteiger partial charge in [0.05, 0.1) is 16.8 Å². The maximum Gasteiger partial charge on any atom is 0.267 e. The molecule has 7 heteroatoms. The zero-order valence-corrected chi connectivity index (χ0v) is 17.6. The fourth-order valence-electron chi connectivity index (χ4n) is 3.78. The molecule has 0 atom stereocenters. The van der Waals surface area contributed by atoms with Gasteiger partial charge in [0.2, 0.25) is 0 Å². The minimum atomic E-state index is -0.380. The predicted molar refractivity (Wildman–Crippen MR) is 119 cm³/mol. The lowest BCUT2D eigenvalue weighted by Crippen LogP contribution is -2.22. The predicted octanol–water partition coefficient (Wildman–Crippen LogP) is 5.05. The van der Waals surface area contributed by atoms with Crippen molar-refractivity contribution in [3.63, 3.8) is 0 Å². The molecule has 2 aromatic carbocycles. The van der Waals surface area contributed by atoms with Gasteiger partial charge >= 0.3 is 0 Å². The molecule has 1 aliphatic rings. The van der Waals surface area contributed by atoms with Crippen LogP contribution in [0.25, 0.3) is 15.9 Å². The van der Waals surface area contributed by atoms with E-state index in [2.05, 4.69) is 0 Å². The normalized spacial score (nSPS) is 13.0. The Hall–Kier alpha value is -2.77. The summed E-state index contributed by atoms with van der Waals surface area (Å²) in [5.41, 5.74) is 2.22. The average molecular weight is 437 g/mol. The summed E-state index contributed by atoms with van der Waals surface area (Å²) in [5, 5.41) is 1.21. The summed E-state index contributed by atoms with van der Waals surface area (Å²) in [6, 6.07) is 14.9. The molecule has 0 saturated heterocycles. The van der Waals surface area contributed by atoms with E-state index in [0.29, 0.717) is 16.1 Å². The highest BCUT2D eigenvalue weighted by Crippen LogP contribution is 2.36. The monoisotopic (exact) mass is 436 g/mol. The molecule has 4 nitrogen and oxygen atoms in total. The van der Waals surface area contributed by atoms with Gasteiger partial charge in [-0.2, -0.15) is 0 Å². The van der Waals surface area contributed by atoms with Crippen LogP contribution in [0.5, 0.6) is 0 Å². The molecule has 0 radical (unpaired) electrons. The van der Waals surface area contributed by atoms with Crippen molar-refractivity contribution >= 4 is 39.1 Å². The van der Waals surface area contributed by atoms with Gasteiger partial charge in [0.25, 0.3) is 5.56 Å². The molecule has 2 heterocycles. The SMILES string of the molecule is O=C(CSc1nc2sc3c(c2c(=O)n1-c1ccccc1)CCC3)c1ccc(F)cc1. The van der Waals surface area contributed by atoms with Crippen LogP contribution in [-0.2, 0) is 12.8 Å². The van der Waals surface area contributed by atoms with Crippen molar-refractivity contribution in [3.05, 3.63) is 86.8 Å². The first-order valence-corrected chi connectivity index (χ1v) is 11.5. The number of aromatic nitrogens is 2. The van der Waals surface area contributed by atoms with Crippen LogP contribution in [0.1, 0.15) is 27.2 Å². The Bertz CT molecular complexity index is 1310. The third-order valence-electron chi connectivity index (χ3n) is 5.22. The molecule has 5 rings (SSSR count). The molecule has 0 saturated carbocycles. The van der Waals surface area contributed by atoms with E-state index in [1.165, 1.54) is 40.9 Å². The van der Waals surface area contributed by atoms with Crippen LogP contribution in [0, 0.1) is 5.82 Å². The van der Waals surface area contributed by atoms with Crippen LogP contribution in [0.4, 0.5) is 4.39 Å². The Labute approximate surface area is 180 Å². The molecular formula is C23H17FN2O2S2. The Morgan fingerprint density at radius 1 is 1.10 bits per heavy atom. The van der Waals surface area contributed by atoms with Crippen LogP contribution < -0.4 is 5.56 Å². The molecule has 0 spiro atoms. The number of benzene rings is 2. The van der Waals surface area contributed by atoms with Crippen LogP contribution in [0.3, 0.4) is 0 Å². The Kier molecular flexibility index (Phi) is 5.00. The Morgan fingerprint density at radius 3 is 2.63 bits per heavy atom. The van der Waals surface area contributed by atoms with E-state index in [-0.39, 0.29) is 22.9 Å². The first-order valence-electron chi connectivity index (χ1n) is 9.66. The summed E-state index contributed by atoms with van der Waals surface area (Å²) in [6.07, 6.45) is 2.98. The van der Waals surface area contributed by atoms with Crippen LogP contribution in [-0.4, -0.2) is 21.1 Å². The molecule has 150 valence electrons. The van der Waals surface area contributed by atoms with E-state index in [4.69, 9.17) is 4.98 Å². The second-order valence-corrected chi connectivity index (χ2v) is 9.15. The van der Waals surface area contributed by atoms with Gasteiger partial charge in [-0.1, -0.05) is 30.0 Å². The fourth-order valence-corrected chi connectivity index (χ4v) is 5.99. The number of rotatable bonds is 5. The summed E-state index contributed by atoms with van der Waals surface area (Å²) in [4.78, 5) is 32.9. The Morgan fingerprint density at radius 2 is 1.87 bits per heavy atom. The zero-order chi connectivity index (χ0) is 20.7. The highest BCUT2D eigenvalue weighted by Gasteiger charge is 2.24. The standard InChI is InChI=1S/C23H17FN2O2S2/c24-15-11-9-14(10-12-15)18(27)13-29-23-25-21-20(17-7-4-8-19(17)30-21)22(28)26(23)16-5-2-1-3-6-16/h1-3,5-6,9-12H,4,7-8,13H2. The number of carbonyl (C=O) groups excluding carboxylic acids is 1. The van der Waals surface area contributed by atoms with Crippen molar-refractivity contribution in [2.24, 2.45) is 0 Å². The van der Waals surface area contributed by atoms with Gasteiger partial charge in [0, 0.05) is 10.4 Å². The minimum absolute atomic E-state index is 0.0812. The van der Waals surface area contributed by atoms with Crippen LogP contribution in [0.15, 0.2) is 64.5 Å². The van der Waals surface area contributed by atoms with Crippen molar-refractivity contribution in [3.8, 4) is 5.69 Å². The average Bonchev–Trinajstić information content (AvgIpc) is 3.34. The number of fused-ring (bicyclic) bond motifs is 3. The van der Waals surface area contributed by atoms with Gasteiger partial charge in [-0.05, 0) is 61.2 Å². The number of ketones is 1. The van der Waals surface area contributed by atoms with Gasteiger partial charge in [-0.25, -0.2) is 9.37 Å². The van der Waals surface area contributed by atoms with Gasteiger partial charge in [-0.15, -0.1) is 11.3 Å². The smallest absolute Gasteiger partial charge is 0.267 e. The molecule has 0 bridgehead atoms. The molecule has 1 aliphatic carbocycles. The molecule has 30 heavy (non-hydrogen) atoms. The summed E-state index contributed by atoms with van der Waals surface area (Å²) in [5.74, 6) is -0.403. The molecule has 2 aromatic heterocycles. The molecular weight excluding hydrogens is 419 g/mol. The summed E-state index contributed by atoms with van der Waals surface area (Å²) < 4.78 is 14.7. The number of hydrogen-bond donors (Lipinski definition) is 0. The number of nitrogens with zero attached hydrogens (tertiary/aromatic N) is 2. The summed E-state index contributed by atoms with van der Waals surface area (Å²) in [6.45, 7) is 0. The molecule has 0 amide bonds. The number of carbonyl (C=O) groups is 1. The molecule has 0 unspecified atom stereocenters. The number of thioether (sulfide) groups is 1. The van der Waals surface area contributed by atoms with E-state index in [0.717, 1.165) is 35.3 Å². The van der Waals surface area contributed by atoms with Crippen molar-refractivity contribution in [2.75, 3.05) is 5.75 Å². The second-order valence-electron chi connectivity index (χ2n) is 7.13. The quantitative estimate of drug-likeness (QED) is 0.250. The Balaban J connectivity index is 1.57. The molecule has 0 aliphatic heterocycles. The largest absolute Gasteiger partial charge is 0.293 e. The van der Waals surface area contributed by atoms with Gasteiger partial charge in [0.15, 0.2) is 10.9 Å². The lowest BCUT2D eigenvalue weighted by molar-refractivity contribution is 0.102. The van der Waals surface area contributed by atoms with E-state index >= 15 is 0 Å². The van der Waals surface area contributed by atoms with E-state index < -0.39 is 0 Å². The zero-order valence-electron chi connectivity index (χ0n) is 15.9. The number of thiophene rings is 1. The highest BCUT2D eigenvalue weighted by atomic mass is 32.2. The number of para-hydroxylation sites is 1. The minimum Gasteiger partial charge on any atom is -0.293 e. The van der Waals surface area contributed by atoms with Gasteiger partial charge in [0.1, 0.15) is 10.6 Å². The lowest BCUT2D eigenvalue weighted by atomic mass is 10.1. The van der Waals surface area contributed by atoms with E-state index in [1.807, 2.05) is 30.3 Å². The molecule has 4 aromatic rings.